The number of nitrogens with zero attached hydrogens (tertiary/aromatic N) is 3. The molecule has 0 spiro atoms. The number of anilines is 1. The van der Waals surface area contributed by atoms with Crippen LogP contribution in [0.5, 0.6) is 0 Å². The van der Waals surface area contributed by atoms with Crippen LogP contribution in [0.25, 0.3) is 0 Å². The van der Waals surface area contributed by atoms with E-state index in [0.717, 1.165) is 31.6 Å². The van der Waals surface area contributed by atoms with Crippen molar-refractivity contribution < 1.29 is 4.79 Å². The Morgan fingerprint density at radius 1 is 1.13 bits per heavy atom. The molecule has 2 fully saturated rings. The van der Waals surface area contributed by atoms with Crippen molar-refractivity contribution in [2.75, 3.05) is 11.4 Å². The Kier molecular flexibility index (Phi) is 5.47. The molecule has 5 heteroatoms. The van der Waals surface area contributed by atoms with Crippen LogP contribution in [0.2, 0.25) is 0 Å². The van der Waals surface area contributed by atoms with Crippen LogP contribution in [0.3, 0.4) is 0 Å². The van der Waals surface area contributed by atoms with Crippen molar-refractivity contribution in [2.24, 2.45) is 0 Å². The number of piperidine rings is 1. The molecule has 0 radical (unpaired) electrons. The zero-order valence-electron chi connectivity index (χ0n) is 14.1. The number of carbonyl (C=O) groups is 1. The number of hydrogen-bond donors (Lipinski definition) is 1. The summed E-state index contributed by atoms with van der Waals surface area (Å²) in [4.78, 5) is 14.6. The molecule has 23 heavy (non-hydrogen) atoms. The van der Waals surface area contributed by atoms with Crippen molar-refractivity contribution in [3.05, 3.63) is 17.8 Å². The van der Waals surface area contributed by atoms with Gasteiger partial charge in [-0.15, -0.1) is 10.2 Å². The average Bonchev–Trinajstić information content (AvgIpc) is 2.62. The highest BCUT2D eigenvalue weighted by atomic mass is 16.2. The van der Waals surface area contributed by atoms with Gasteiger partial charge in [-0.25, -0.2) is 0 Å². The standard InChI is InChI=1S/C18H28N4O/c1-2-15-10-6-7-13-22(15)17-12-11-16(20-21-17)18(23)19-14-8-4-3-5-9-14/h11-12,14-15H,2-10,13H2,1H3,(H,19,23). The predicted octanol–water partition coefficient (Wildman–Crippen LogP) is 3.31. The lowest BCUT2D eigenvalue weighted by Gasteiger charge is -2.35. The van der Waals surface area contributed by atoms with E-state index in [1.54, 1.807) is 0 Å². The summed E-state index contributed by atoms with van der Waals surface area (Å²) in [6.45, 7) is 3.27. The van der Waals surface area contributed by atoms with Crippen LogP contribution in [0, 0.1) is 0 Å². The highest BCUT2D eigenvalue weighted by molar-refractivity contribution is 5.92. The smallest absolute Gasteiger partial charge is 0.272 e. The van der Waals surface area contributed by atoms with Crippen molar-refractivity contribution in [1.29, 1.82) is 0 Å². The molecule has 1 N–H and O–H groups in total. The van der Waals surface area contributed by atoms with E-state index < -0.39 is 0 Å². The van der Waals surface area contributed by atoms with Crippen LogP contribution in [-0.2, 0) is 0 Å². The second-order valence-corrected chi connectivity index (χ2v) is 6.84. The van der Waals surface area contributed by atoms with Crippen LogP contribution >= 0.6 is 0 Å². The number of carbonyl (C=O) groups excluding carboxylic acids is 1. The fourth-order valence-electron chi connectivity index (χ4n) is 3.83. The lowest BCUT2D eigenvalue weighted by molar-refractivity contribution is 0.0921. The Morgan fingerprint density at radius 2 is 1.91 bits per heavy atom. The molecule has 5 nitrogen and oxygen atoms in total. The van der Waals surface area contributed by atoms with Gasteiger partial charge in [0.1, 0.15) is 0 Å². The van der Waals surface area contributed by atoms with E-state index in [-0.39, 0.29) is 5.91 Å². The van der Waals surface area contributed by atoms with E-state index in [2.05, 4.69) is 27.3 Å². The summed E-state index contributed by atoms with van der Waals surface area (Å²) < 4.78 is 0. The Morgan fingerprint density at radius 3 is 2.61 bits per heavy atom. The average molecular weight is 316 g/mol. The third-order valence-electron chi connectivity index (χ3n) is 5.22. The number of hydrogen-bond acceptors (Lipinski definition) is 4. The maximum Gasteiger partial charge on any atom is 0.272 e. The van der Waals surface area contributed by atoms with Crippen molar-refractivity contribution in [3.63, 3.8) is 0 Å². The van der Waals surface area contributed by atoms with E-state index in [1.807, 2.05) is 12.1 Å². The SMILES string of the molecule is CCC1CCCCN1c1ccc(C(=O)NC2CCCCC2)nn1. The van der Waals surface area contributed by atoms with Crippen LogP contribution in [0.15, 0.2) is 12.1 Å². The van der Waals surface area contributed by atoms with Gasteiger partial charge in [0.05, 0.1) is 0 Å². The van der Waals surface area contributed by atoms with Gasteiger partial charge >= 0.3 is 0 Å². The minimum Gasteiger partial charge on any atom is -0.352 e. The molecule has 1 amide bonds. The predicted molar refractivity (Wildman–Crippen MR) is 91.6 cm³/mol. The molecule has 1 atom stereocenters. The van der Waals surface area contributed by atoms with Gasteiger partial charge in [0.25, 0.3) is 5.91 Å². The molecule has 3 rings (SSSR count). The van der Waals surface area contributed by atoms with Crippen molar-refractivity contribution in [2.45, 2.75) is 76.8 Å². The van der Waals surface area contributed by atoms with Gasteiger partial charge in [0.2, 0.25) is 0 Å². The fraction of sp³-hybridized carbons (Fsp3) is 0.722. The minimum absolute atomic E-state index is 0.0818. The Labute approximate surface area is 138 Å². The van der Waals surface area contributed by atoms with Crippen molar-refractivity contribution in [3.8, 4) is 0 Å². The monoisotopic (exact) mass is 316 g/mol. The summed E-state index contributed by atoms with van der Waals surface area (Å²) in [6.07, 6.45) is 10.7. The lowest BCUT2D eigenvalue weighted by atomic mass is 9.95. The number of amides is 1. The number of nitrogens with one attached hydrogen (secondary N) is 1. The van der Waals surface area contributed by atoms with Gasteiger partial charge in [-0.3, -0.25) is 4.79 Å². The maximum absolute atomic E-state index is 12.3. The van der Waals surface area contributed by atoms with E-state index in [9.17, 15) is 4.79 Å². The fourth-order valence-corrected chi connectivity index (χ4v) is 3.83. The molecule has 1 saturated carbocycles. The third kappa shape index (κ3) is 4.01. The molecule has 1 aliphatic carbocycles. The van der Waals surface area contributed by atoms with Gasteiger partial charge in [0.15, 0.2) is 11.5 Å². The Balaban J connectivity index is 1.62. The van der Waals surface area contributed by atoms with E-state index in [4.69, 9.17) is 0 Å². The third-order valence-corrected chi connectivity index (χ3v) is 5.22. The van der Waals surface area contributed by atoms with Gasteiger partial charge in [-0.1, -0.05) is 26.2 Å². The first kappa shape index (κ1) is 16.2. The summed E-state index contributed by atoms with van der Waals surface area (Å²) in [6, 6.07) is 4.64. The first-order valence-corrected chi connectivity index (χ1v) is 9.19. The second kappa shape index (κ2) is 7.75. The molecule has 0 aromatic carbocycles. The Hall–Kier alpha value is -1.65. The van der Waals surface area contributed by atoms with Crippen LogP contribution in [0.1, 0.15) is 75.2 Å². The first-order valence-electron chi connectivity index (χ1n) is 9.19. The molecule has 1 saturated heterocycles. The van der Waals surface area contributed by atoms with E-state index >= 15 is 0 Å². The Bertz CT molecular complexity index is 510. The maximum atomic E-state index is 12.3. The van der Waals surface area contributed by atoms with Gasteiger partial charge in [-0.05, 0) is 50.7 Å². The molecule has 2 heterocycles. The zero-order valence-corrected chi connectivity index (χ0v) is 14.1. The summed E-state index contributed by atoms with van der Waals surface area (Å²) in [5.74, 6) is 0.826. The molecule has 0 bridgehead atoms. The molecule has 126 valence electrons. The molecule has 1 unspecified atom stereocenters. The zero-order chi connectivity index (χ0) is 16.1. The molecule has 2 aliphatic rings. The first-order chi connectivity index (χ1) is 11.3. The lowest BCUT2D eigenvalue weighted by Crippen LogP contribution is -2.40. The molecule has 1 aromatic heterocycles. The summed E-state index contributed by atoms with van der Waals surface area (Å²) in [5, 5.41) is 11.6. The normalized spacial score (nSPS) is 22.8. The van der Waals surface area contributed by atoms with Gasteiger partial charge < -0.3 is 10.2 Å². The van der Waals surface area contributed by atoms with Crippen molar-refractivity contribution in [1.82, 2.24) is 15.5 Å². The summed E-state index contributed by atoms with van der Waals surface area (Å²) in [7, 11) is 0. The highest BCUT2D eigenvalue weighted by Crippen LogP contribution is 2.24. The van der Waals surface area contributed by atoms with E-state index in [1.165, 1.54) is 38.5 Å². The largest absolute Gasteiger partial charge is 0.352 e. The second-order valence-electron chi connectivity index (χ2n) is 6.84. The summed E-state index contributed by atoms with van der Waals surface area (Å²) >= 11 is 0. The van der Waals surface area contributed by atoms with Crippen molar-refractivity contribution >= 4 is 11.7 Å². The number of aromatic nitrogens is 2. The van der Waals surface area contributed by atoms with Crippen LogP contribution < -0.4 is 10.2 Å². The summed E-state index contributed by atoms with van der Waals surface area (Å²) in [5.41, 5.74) is 0.435. The quantitative estimate of drug-likeness (QED) is 0.926. The molecule has 1 aliphatic heterocycles. The molecular weight excluding hydrogens is 288 g/mol. The van der Waals surface area contributed by atoms with Crippen LogP contribution in [0.4, 0.5) is 5.82 Å². The van der Waals surface area contributed by atoms with Crippen LogP contribution in [-0.4, -0.2) is 34.7 Å². The van der Waals surface area contributed by atoms with Gasteiger partial charge in [-0.2, -0.15) is 0 Å². The van der Waals surface area contributed by atoms with Gasteiger partial charge in [0, 0.05) is 18.6 Å². The molecular formula is C18H28N4O. The highest BCUT2D eigenvalue weighted by Gasteiger charge is 2.23. The number of rotatable bonds is 4. The molecule has 1 aromatic rings. The minimum atomic E-state index is -0.0818. The topological polar surface area (TPSA) is 58.1 Å². The van der Waals surface area contributed by atoms with E-state index in [0.29, 0.717) is 17.8 Å².